The fourth-order valence-corrected chi connectivity index (χ4v) is 2.65. The molecule has 0 unspecified atom stereocenters. The van der Waals surface area contributed by atoms with Crippen molar-refractivity contribution in [3.05, 3.63) is 59.9 Å². The number of nitrogens with zero attached hydrogens (tertiary/aromatic N) is 2. The molecule has 0 aliphatic carbocycles. The lowest BCUT2D eigenvalue weighted by atomic mass is 10.1. The first kappa shape index (κ1) is 21.3. The third-order valence-corrected chi connectivity index (χ3v) is 4.13. The Kier molecular flexibility index (Phi) is 6.34. The summed E-state index contributed by atoms with van der Waals surface area (Å²) in [6.07, 6.45) is -4.20. The number of alkyl halides is 3. The number of carbonyl (C=O) groups is 2. The summed E-state index contributed by atoms with van der Waals surface area (Å²) in [6.45, 7) is -1.31. The van der Waals surface area contributed by atoms with Crippen LogP contribution in [0.1, 0.15) is 18.4 Å². The Morgan fingerprint density at radius 3 is 2.37 bits per heavy atom. The molecule has 158 valence electrons. The molecule has 1 aliphatic heterocycles. The van der Waals surface area contributed by atoms with Crippen LogP contribution in [0.2, 0.25) is 0 Å². The molecule has 0 atom stereocenters. The van der Waals surface area contributed by atoms with Crippen molar-refractivity contribution >= 4 is 23.2 Å². The number of rotatable bonds is 6. The van der Waals surface area contributed by atoms with E-state index in [1.54, 1.807) is 0 Å². The number of amides is 2. The zero-order valence-electron chi connectivity index (χ0n) is 15.6. The number of hydrazone groups is 1. The molecule has 0 saturated carbocycles. The summed E-state index contributed by atoms with van der Waals surface area (Å²) in [5, 5.41) is 7.83. The maximum absolute atomic E-state index is 13.0. The Balaban J connectivity index is 1.62. The van der Waals surface area contributed by atoms with Gasteiger partial charge in [0.05, 0.1) is 6.54 Å². The minimum absolute atomic E-state index is 0.0106. The van der Waals surface area contributed by atoms with E-state index in [1.165, 1.54) is 48.5 Å². The zero-order valence-corrected chi connectivity index (χ0v) is 15.6. The Bertz CT molecular complexity index is 941. The highest BCUT2D eigenvalue weighted by Gasteiger charge is 2.28. The molecule has 3 rings (SSSR count). The Labute approximate surface area is 169 Å². The summed E-state index contributed by atoms with van der Waals surface area (Å²) in [7, 11) is 0. The smallest absolute Gasteiger partial charge is 0.422 e. The van der Waals surface area contributed by atoms with E-state index in [0.29, 0.717) is 11.3 Å². The second-order valence-electron chi connectivity index (χ2n) is 6.51. The topological polar surface area (TPSA) is 71.0 Å². The number of halogens is 4. The first-order chi connectivity index (χ1) is 14.2. The van der Waals surface area contributed by atoms with Gasteiger partial charge in [-0.25, -0.2) is 9.40 Å². The van der Waals surface area contributed by atoms with E-state index < -0.39 is 24.5 Å². The second-order valence-corrected chi connectivity index (χ2v) is 6.51. The van der Waals surface area contributed by atoms with Crippen LogP contribution < -0.4 is 10.1 Å². The standard InChI is InChI=1S/C20H17F4N3O3/c21-14-3-1-13(2-4-14)11-27-18(28)10-9-17(26-27)19(29)25-15-5-7-16(8-6-15)30-12-20(22,23)24/h1-8H,9-12H2,(H,25,29). The molecule has 10 heteroatoms. The van der Waals surface area contributed by atoms with Gasteiger partial charge < -0.3 is 10.1 Å². The average molecular weight is 423 g/mol. The van der Waals surface area contributed by atoms with Crippen molar-refractivity contribution in [1.29, 1.82) is 0 Å². The maximum atomic E-state index is 13.0. The van der Waals surface area contributed by atoms with Gasteiger partial charge in [-0.1, -0.05) is 12.1 Å². The van der Waals surface area contributed by atoms with Gasteiger partial charge in [0.25, 0.3) is 5.91 Å². The van der Waals surface area contributed by atoms with Gasteiger partial charge in [-0.05, 0) is 42.0 Å². The van der Waals surface area contributed by atoms with Crippen molar-refractivity contribution in [3.63, 3.8) is 0 Å². The van der Waals surface area contributed by atoms with Gasteiger partial charge in [-0.3, -0.25) is 9.59 Å². The third kappa shape index (κ3) is 6.03. The van der Waals surface area contributed by atoms with Gasteiger partial charge in [-0.15, -0.1) is 0 Å². The van der Waals surface area contributed by atoms with E-state index >= 15 is 0 Å². The molecule has 6 nitrogen and oxygen atoms in total. The molecule has 2 aromatic carbocycles. The Hall–Kier alpha value is -3.43. The number of hydrogen-bond donors (Lipinski definition) is 1. The first-order valence-corrected chi connectivity index (χ1v) is 8.93. The van der Waals surface area contributed by atoms with Crippen molar-refractivity contribution < 1.29 is 31.9 Å². The van der Waals surface area contributed by atoms with Crippen LogP contribution in [-0.4, -0.2) is 35.3 Å². The van der Waals surface area contributed by atoms with Gasteiger partial charge in [0.1, 0.15) is 17.3 Å². The molecular formula is C20H17F4N3O3. The third-order valence-electron chi connectivity index (χ3n) is 4.13. The molecule has 0 aromatic heterocycles. The minimum atomic E-state index is -4.44. The van der Waals surface area contributed by atoms with Gasteiger partial charge in [0, 0.05) is 18.5 Å². The van der Waals surface area contributed by atoms with E-state index in [-0.39, 0.29) is 36.8 Å². The average Bonchev–Trinajstić information content (AvgIpc) is 2.70. The van der Waals surface area contributed by atoms with Crippen LogP contribution in [0, 0.1) is 5.82 Å². The van der Waals surface area contributed by atoms with Crippen molar-refractivity contribution in [3.8, 4) is 5.75 Å². The van der Waals surface area contributed by atoms with Crippen LogP contribution in [0.5, 0.6) is 5.75 Å². The summed E-state index contributed by atoms with van der Waals surface area (Å²) in [4.78, 5) is 24.5. The highest BCUT2D eigenvalue weighted by atomic mass is 19.4. The zero-order chi connectivity index (χ0) is 21.7. The first-order valence-electron chi connectivity index (χ1n) is 8.93. The van der Waals surface area contributed by atoms with E-state index in [4.69, 9.17) is 0 Å². The largest absolute Gasteiger partial charge is 0.484 e. The van der Waals surface area contributed by atoms with Crippen LogP contribution in [0.4, 0.5) is 23.2 Å². The lowest BCUT2D eigenvalue weighted by molar-refractivity contribution is -0.153. The summed E-state index contributed by atoms with van der Waals surface area (Å²) in [6, 6.07) is 11.0. The predicted octanol–water partition coefficient (Wildman–Crippen LogP) is 3.88. The van der Waals surface area contributed by atoms with Crippen molar-refractivity contribution in [2.45, 2.75) is 25.6 Å². The van der Waals surface area contributed by atoms with Crippen LogP contribution in [0.15, 0.2) is 53.6 Å². The van der Waals surface area contributed by atoms with Gasteiger partial charge >= 0.3 is 6.18 Å². The lowest BCUT2D eigenvalue weighted by Crippen LogP contribution is -2.36. The molecule has 2 aromatic rings. The molecule has 0 fully saturated rings. The molecule has 0 saturated heterocycles. The monoisotopic (exact) mass is 423 g/mol. The van der Waals surface area contributed by atoms with Crippen LogP contribution in [0.25, 0.3) is 0 Å². The number of nitrogens with one attached hydrogen (secondary N) is 1. The van der Waals surface area contributed by atoms with Gasteiger partial charge in [-0.2, -0.15) is 18.3 Å². The van der Waals surface area contributed by atoms with Crippen LogP contribution >= 0.6 is 0 Å². The molecule has 1 aliphatic rings. The van der Waals surface area contributed by atoms with Crippen molar-refractivity contribution in [2.24, 2.45) is 5.10 Å². The van der Waals surface area contributed by atoms with Gasteiger partial charge in [0.2, 0.25) is 5.91 Å². The second kappa shape index (κ2) is 8.93. The number of anilines is 1. The summed E-state index contributed by atoms with van der Waals surface area (Å²) in [5.74, 6) is -1.18. The molecule has 0 bridgehead atoms. The molecule has 30 heavy (non-hydrogen) atoms. The normalized spacial score (nSPS) is 14.3. The quantitative estimate of drug-likeness (QED) is 0.717. The van der Waals surface area contributed by atoms with E-state index in [1.807, 2.05) is 0 Å². The fraction of sp³-hybridized carbons (Fsp3) is 0.250. The van der Waals surface area contributed by atoms with E-state index in [0.717, 1.165) is 5.01 Å². The Morgan fingerprint density at radius 2 is 1.73 bits per heavy atom. The predicted molar refractivity (Wildman–Crippen MR) is 100 cm³/mol. The highest BCUT2D eigenvalue weighted by molar-refractivity contribution is 6.43. The summed E-state index contributed by atoms with van der Waals surface area (Å²) >= 11 is 0. The van der Waals surface area contributed by atoms with Crippen LogP contribution in [-0.2, 0) is 16.1 Å². The lowest BCUT2D eigenvalue weighted by Gasteiger charge is -2.23. The fourth-order valence-electron chi connectivity index (χ4n) is 2.65. The SMILES string of the molecule is O=C(Nc1ccc(OCC(F)(F)F)cc1)C1=NN(Cc2ccc(F)cc2)C(=O)CC1. The van der Waals surface area contributed by atoms with Crippen LogP contribution in [0.3, 0.4) is 0 Å². The number of carbonyl (C=O) groups excluding carboxylic acids is 2. The van der Waals surface area contributed by atoms with E-state index in [9.17, 15) is 27.2 Å². The van der Waals surface area contributed by atoms with Crippen molar-refractivity contribution in [1.82, 2.24) is 5.01 Å². The number of ether oxygens (including phenoxy) is 1. The number of hydrogen-bond acceptors (Lipinski definition) is 4. The highest BCUT2D eigenvalue weighted by Crippen LogP contribution is 2.21. The maximum Gasteiger partial charge on any atom is 0.422 e. The summed E-state index contributed by atoms with van der Waals surface area (Å²) < 4.78 is 54.1. The molecular weight excluding hydrogens is 406 g/mol. The van der Waals surface area contributed by atoms with Crippen molar-refractivity contribution in [2.75, 3.05) is 11.9 Å². The molecule has 1 N–H and O–H groups in total. The minimum Gasteiger partial charge on any atom is -0.484 e. The van der Waals surface area contributed by atoms with Gasteiger partial charge in [0.15, 0.2) is 6.61 Å². The molecule has 1 heterocycles. The molecule has 2 amide bonds. The van der Waals surface area contributed by atoms with E-state index in [2.05, 4.69) is 15.2 Å². The molecule has 0 radical (unpaired) electrons. The summed E-state index contributed by atoms with van der Waals surface area (Å²) in [5.41, 5.74) is 1.13. The Morgan fingerprint density at radius 1 is 1.07 bits per heavy atom. The molecule has 0 spiro atoms. The number of benzene rings is 2.